The molecule has 1 aromatic rings. The van der Waals surface area contributed by atoms with Crippen LogP contribution in [0, 0.1) is 6.92 Å². The molecule has 1 fully saturated rings. The van der Waals surface area contributed by atoms with Gasteiger partial charge in [-0.25, -0.2) is 0 Å². The third-order valence-electron chi connectivity index (χ3n) is 4.19. The van der Waals surface area contributed by atoms with Crippen molar-refractivity contribution in [3.8, 4) is 0 Å². The van der Waals surface area contributed by atoms with Gasteiger partial charge in [-0.1, -0.05) is 19.1 Å². The monoisotopic (exact) mass is 320 g/mol. The number of benzene rings is 1. The molecule has 0 aliphatic carbocycles. The molecule has 5 heteroatoms. The number of hydrogen-bond acceptors (Lipinski definition) is 5. The van der Waals surface area contributed by atoms with Crippen molar-refractivity contribution in [2.75, 3.05) is 37.8 Å². The largest absolute Gasteiger partial charge is 0.465 e. The third-order valence-corrected chi connectivity index (χ3v) is 4.19. The molecule has 0 bridgehead atoms. The molecule has 1 atom stereocenters. The molecule has 1 aromatic carbocycles. The van der Waals surface area contributed by atoms with Crippen LogP contribution in [0.5, 0.6) is 0 Å². The topological polar surface area (TPSA) is 64.8 Å². The molecule has 0 amide bonds. The molecular formula is C18H28N2O3. The van der Waals surface area contributed by atoms with E-state index < -0.39 is 6.04 Å². The summed E-state index contributed by atoms with van der Waals surface area (Å²) in [6, 6.07) is 3.72. The number of carbonyl (C=O) groups is 1. The van der Waals surface area contributed by atoms with E-state index in [-0.39, 0.29) is 5.97 Å². The highest BCUT2D eigenvalue weighted by molar-refractivity contribution is 5.76. The van der Waals surface area contributed by atoms with Gasteiger partial charge in [0.1, 0.15) is 6.04 Å². The second-order valence-corrected chi connectivity index (χ2v) is 5.94. The average Bonchev–Trinajstić information content (AvgIpc) is 2.55. The van der Waals surface area contributed by atoms with Crippen LogP contribution in [0.4, 0.5) is 5.69 Å². The van der Waals surface area contributed by atoms with Gasteiger partial charge in [-0.15, -0.1) is 0 Å². The summed E-state index contributed by atoms with van der Waals surface area (Å²) >= 11 is 0. The first-order chi connectivity index (χ1) is 11.1. The second kappa shape index (κ2) is 8.31. The Hall–Kier alpha value is -1.59. The Bertz CT molecular complexity index is 539. The molecule has 23 heavy (non-hydrogen) atoms. The van der Waals surface area contributed by atoms with Crippen LogP contribution in [0.25, 0.3) is 0 Å². The van der Waals surface area contributed by atoms with Crippen LogP contribution in [-0.4, -0.2) is 44.9 Å². The fourth-order valence-electron chi connectivity index (χ4n) is 3.15. The summed E-state index contributed by atoms with van der Waals surface area (Å²) in [6.45, 7) is 9.85. The van der Waals surface area contributed by atoms with Crippen LogP contribution < -0.4 is 10.6 Å². The minimum absolute atomic E-state index is 0.333. The first-order valence-electron chi connectivity index (χ1n) is 8.44. The normalized spacial score (nSPS) is 16.3. The molecular weight excluding hydrogens is 292 g/mol. The number of rotatable bonds is 6. The predicted octanol–water partition coefficient (Wildman–Crippen LogP) is 1.83. The van der Waals surface area contributed by atoms with E-state index in [1.54, 1.807) is 6.92 Å². The van der Waals surface area contributed by atoms with Crippen molar-refractivity contribution in [3.05, 3.63) is 28.8 Å². The fraction of sp³-hybridized carbons (Fsp3) is 0.611. The standard InChI is InChI=1S/C18H28N2O3/c1-4-15-11-14(12-16(19)18(21)23-5-2)10-13(3)17(15)20-6-8-22-9-7-20/h10-11,16H,4-9,12,19H2,1-3H3. The number of nitrogens with two attached hydrogens (primary N) is 1. The van der Waals surface area contributed by atoms with Crippen molar-refractivity contribution in [1.29, 1.82) is 0 Å². The summed E-state index contributed by atoms with van der Waals surface area (Å²) in [7, 11) is 0. The lowest BCUT2D eigenvalue weighted by atomic mass is 9.96. The van der Waals surface area contributed by atoms with Crippen molar-refractivity contribution in [1.82, 2.24) is 0 Å². The van der Waals surface area contributed by atoms with E-state index in [2.05, 4.69) is 30.9 Å². The van der Waals surface area contributed by atoms with Gasteiger partial charge in [0.25, 0.3) is 0 Å². The molecule has 128 valence electrons. The number of anilines is 1. The summed E-state index contributed by atoms with van der Waals surface area (Å²) in [5, 5.41) is 0. The van der Waals surface area contributed by atoms with Crippen LogP contribution >= 0.6 is 0 Å². The summed E-state index contributed by atoms with van der Waals surface area (Å²) in [5.74, 6) is -0.333. The first kappa shape index (κ1) is 17.8. The van der Waals surface area contributed by atoms with Crippen molar-refractivity contribution < 1.29 is 14.3 Å². The zero-order valence-corrected chi connectivity index (χ0v) is 14.4. The fourth-order valence-corrected chi connectivity index (χ4v) is 3.15. The minimum Gasteiger partial charge on any atom is -0.465 e. The lowest BCUT2D eigenvalue weighted by molar-refractivity contribution is -0.144. The van der Waals surface area contributed by atoms with Crippen LogP contribution in [0.15, 0.2) is 12.1 Å². The number of carbonyl (C=O) groups excluding carboxylic acids is 1. The van der Waals surface area contributed by atoms with Gasteiger partial charge in [0, 0.05) is 18.8 Å². The Balaban J connectivity index is 2.20. The molecule has 1 heterocycles. The molecule has 0 spiro atoms. The Morgan fingerprint density at radius 2 is 2.04 bits per heavy atom. The molecule has 1 saturated heterocycles. The number of ether oxygens (including phenoxy) is 2. The minimum atomic E-state index is -0.603. The van der Waals surface area contributed by atoms with Gasteiger partial charge in [-0.3, -0.25) is 4.79 Å². The van der Waals surface area contributed by atoms with Crippen LogP contribution in [0.3, 0.4) is 0 Å². The quantitative estimate of drug-likeness (QED) is 0.810. The van der Waals surface area contributed by atoms with Crippen LogP contribution in [0.2, 0.25) is 0 Å². The molecule has 0 radical (unpaired) electrons. The van der Waals surface area contributed by atoms with Gasteiger partial charge >= 0.3 is 5.97 Å². The lowest BCUT2D eigenvalue weighted by Gasteiger charge is -2.32. The molecule has 0 aromatic heterocycles. The van der Waals surface area contributed by atoms with Gasteiger partial charge in [-0.2, -0.15) is 0 Å². The first-order valence-corrected chi connectivity index (χ1v) is 8.44. The van der Waals surface area contributed by atoms with E-state index in [1.807, 2.05) is 0 Å². The third kappa shape index (κ3) is 4.45. The number of hydrogen-bond donors (Lipinski definition) is 1. The Morgan fingerprint density at radius 1 is 1.35 bits per heavy atom. The van der Waals surface area contributed by atoms with E-state index in [4.69, 9.17) is 15.2 Å². The maximum atomic E-state index is 11.7. The molecule has 1 aliphatic heterocycles. The SMILES string of the molecule is CCOC(=O)C(N)Cc1cc(C)c(N2CCOCC2)c(CC)c1. The zero-order valence-electron chi connectivity index (χ0n) is 14.4. The predicted molar refractivity (Wildman–Crippen MR) is 91.9 cm³/mol. The summed E-state index contributed by atoms with van der Waals surface area (Å²) in [4.78, 5) is 14.1. The summed E-state index contributed by atoms with van der Waals surface area (Å²) in [6.07, 6.45) is 1.46. The van der Waals surface area contributed by atoms with Crippen molar-refractivity contribution >= 4 is 11.7 Å². The average molecular weight is 320 g/mol. The number of nitrogens with zero attached hydrogens (tertiary/aromatic N) is 1. The van der Waals surface area contributed by atoms with Crippen LogP contribution in [-0.2, 0) is 27.1 Å². The van der Waals surface area contributed by atoms with Gasteiger partial charge in [0.2, 0.25) is 0 Å². The summed E-state index contributed by atoms with van der Waals surface area (Å²) in [5.41, 5.74) is 10.9. The Kier molecular flexibility index (Phi) is 6.42. The Morgan fingerprint density at radius 3 is 2.65 bits per heavy atom. The molecule has 5 nitrogen and oxygen atoms in total. The zero-order chi connectivity index (χ0) is 16.8. The number of morpholine rings is 1. The van der Waals surface area contributed by atoms with E-state index >= 15 is 0 Å². The van der Waals surface area contributed by atoms with Gasteiger partial charge in [0.15, 0.2) is 0 Å². The van der Waals surface area contributed by atoms with E-state index in [0.717, 1.165) is 38.3 Å². The van der Waals surface area contributed by atoms with Crippen molar-refractivity contribution in [2.45, 2.75) is 39.7 Å². The highest BCUT2D eigenvalue weighted by Gasteiger charge is 2.20. The van der Waals surface area contributed by atoms with Gasteiger partial charge < -0.3 is 20.1 Å². The highest BCUT2D eigenvalue weighted by atomic mass is 16.5. The second-order valence-electron chi connectivity index (χ2n) is 5.94. The van der Waals surface area contributed by atoms with Crippen molar-refractivity contribution in [2.24, 2.45) is 5.73 Å². The molecule has 2 rings (SSSR count). The maximum absolute atomic E-state index is 11.7. The maximum Gasteiger partial charge on any atom is 0.323 e. The smallest absolute Gasteiger partial charge is 0.323 e. The number of aryl methyl sites for hydroxylation is 2. The highest BCUT2D eigenvalue weighted by Crippen LogP contribution is 2.28. The molecule has 0 saturated carbocycles. The van der Waals surface area contributed by atoms with Gasteiger partial charge in [-0.05, 0) is 43.4 Å². The van der Waals surface area contributed by atoms with Gasteiger partial charge in [0.05, 0.1) is 19.8 Å². The van der Waals surface area contributed by atoms with E-state index in [1.165, 1.54) is 16.8 Å². The molecule has 1 unspecified atom stereocenters. The summed E-state index contributed by atoms with van der Waals surface area (Å²) < 4.78 is 10.4. The van der Waals surface area contributed by atoms with E-state index in [0.29, 0.717) is 13.0 Å². The molecule has 1 aliphatic rings. The van der Waals surface area contributed by atoms with E-state index in [9.17, 15) is 4.79 Å². The van der Waals surface area contributed by atoms with Crippen molar-refractivity contribution in [3.63, 3.8) is 0 Å². The Labute approximate surface area is 138 Å². The lowest BCUT2D eigenvalue weighted by Crippen LogP contribution is -2.37. The number of esters is 1. The molecule has 2 N–H and O–H groups in total. The van der Waals surface area contributed by atoms with Crippen LogP contribution in [0.1, 0.15) is 30.5 Å².